The van der Waals surface area contributed by atoms with Crippen molar-refractivity contribution in [3.63, 3.8) is 0 Å². The largest absolute Gasteiger partial charge is 0.485 e. The Hall–Kier alpha value is -1.45. The molecular formula is C20H27NOS. The molecule has 1 N–H and O–H groups in total. The summed E-state index contributed by atoms with van der Waals surface area (Å²) in [5, 5.41) is 3.22. The molecule has 0 aliphatic rings. The van der Waals surface area contributed by atoms with Crippen molar-refractivity contribution in [1.82, 2.24) is 5.32 Å². The second-order valence-electron chi connectivity index (χ2n) is 6.57. The molecule has 0 saturated heterocycles. The highest BCUT2D eigenvalue weighted by Gasteiger charge is 2.18. The van der Waals surface area contributed by atoms with Crippen LogP contribution in [0.3, 0.4) is 0 Å². The molecule has 2 rings (SSSR count). The summed E-state index contributed by atoms with van der Waals surface area (Å²) in [6.07, 6.45) is 1.00. The second kappa shape index (κ2) is 8.42. The molecule has 2 nitrogen and oxygen atoms in total. The molecule has 0 fully saturated rings. The lowest BCUT2D eigenvalue weighted by Crippen LogP contribution is -2.16. The van der Waals surface area contributed by atoms with Gasteiger partial charge in [0, 0.05) is 16.1 Å². The molecule has 0 amide bonds. The van der Waals surface area contributed by atoms with E-state index in [4.69, 9.17) is 4.74 Å². The van der Waals surface area contributed by atoms with Crippen molar-refractivity contribution in [1.29, 1.82) is 0 Å². The van der Waals surface area contributed by atoms with Crippen LogP contribution in [0.5, 0.6) is 5.75 Å². The molecule has 0 bridgehead atoms. The van der Waals surface area contributed by atoms with Crippen LogP contribution in [0.4, 0.5) is 0 Å². The normalized spacial score (nSPS) is 12.9. The Morgan fingerprint density at radius 2 is 1.65 bits per heavy atom. The molecule has 0 saturated carbocycles. The first-order valence-corrected chi connectivity index (χ1v) is 8.95. The van der Waals surface area contributed by atoms with Crippen LogP contribution in [0.15, 0.2) is 59.5 Å². The van der Waals surface area contributed by atoms with E-state index in [1.54, 1.807) is 0 Å². The molecule has 2 aromatic rings. The predicted molar refractivity (Wildman–Crippen MR) is 100 cm³/mol. The summed E-state index contributed by atoms with van der Waals surface area (Å²) in [5.41, 5.74) is 1.22. The summed E-state index contributed by atoms with van der Waals surface area (Å²) < 4.78 is 6.58. The van der Waals surface area contributed by atoms with Gasteiger partial charge >= 0.3 is 0 Å². The molecule has 0 aliphatic heterocycles. The van der Waals surface area contributed by atoms with Gasteiger partial charge in [-0.15, -0.1) is 11.8 Å². The van der Waals surface area contributed by atoms with Gasteiger partial charge in [-0.2, -0.15) is 0 Å². The average Bonchev–Trinajstić information content (AvgIpc) is 2.52. The molecule has 3 heteroatoms. The molecule has 0 spiro atoms. The van der Waals surface area contributed by atoms with E-state index in [0.29, 0.717) is 0 Å². The highest BCUT2D eigenvalue weighted by atomic mass is 32.2. The van der Waals surface area contributed by atoms with E-state index >= 15 is 0 Å². The van der Waals surface area contributed by atoms with Crippen LogP contribution >= 0.6 is 11.8 Å². The zero-order valence-corrected chi connectivity index (χ0v) is 15.3. The van der Waals surface area contributed by atoms with Gasteiger partial charge in [-0.1, -0.05) is 63.2 Å². The maximum Gasteiger partial charge on any atom is 0.133 e. The van der Waals surface area contributed by atoms with Gasteiger partial charge in [0.2, 0.25) is 0 Å². The van der Waals surface area contributed by atoms with Crippen molar-refractivity contribution < 1.29 is 4.74 Å². The molecule has 23 heavy (non-hydrogen) atoms. The molecule has 2 aromatic carbocycles. The third kappa shape index (κ3) is 5.92. The van der Waals surface area contributed by atoms with Gasteiger partial charge in [0.1, 0.15) is 11.9 Å². The van der Waals surface area contributed by atoms with Crippen molar-refractivity contribution >= 4 is 11.8 Å². The fraction of sp³-hybridized carbons (Fsp3) is 0.400. The van der Waals surface area contributed by atoms with Gasteiger partial charge in [0.25, 0.3) is 0 Å². The number of hydrogen-bond donors (Lipinski definition) is 1. The molecule has 1 atom stereocenters. The Kier molecular flexibility index (Phi) is 6.55. The van der Waals surface area contributed by atoms with Gasteiger partial charge in [-0.25, -0.2) is 0 Å². The number of ether oxygens (including phenoxy) is 1. The molecule has 0 heterocycles. The number of rotatable bonds is 7. The van der Waals surface area contributed by atoms with E-state index < -0.39 is 0 Å². The lowest BCUT2D eigenvalue weighted by Gasteiger charge is -2.24. The highest BCUT2D eigenvalue weighted by molar-refractivity contribution is 8.00. The Balaban J connectivity index is 2.22. The minimum absolute atomic E-state index is 0.0605. The van der Waals surface area contributed by atoms with Crippen molar-refractivity contribution in [2.24, 2.45) is 0 Å². The van der Waals surface area contributed by atoms with Gasteiger partial charge in [0.05, 0.1) is 0 Å². The third-order valence-corrected chi connectivity index (χ3v) is 4.53. The first kappa shape index (κ1) is 17.9. The summed E-state index contributed by atoms with van der Waals surface area (Å²) in [5.74, 6) is 0.970. The Morgan fingerprint density at radius 3 is 2.30 bits per heavy atom. The summed E-state index contributed by atoms with van der Waals surface area (Å²) in [6.45, 7) is 7.60. The monoisotopic (exact) mass is 329 g/mol. The smallest absolute Gasteiger partial charge is 0.133 e. The van der Waals surface area contributed by atoms with Crippen molar-refractivity contribution in [3.8, 4) is 5.75 Å². The summed E-state index contributed by atoms with van der Waals surface area (Å²) >= 11 is 1.85. The number of para-hydroxylation sites is 1. The van der Waals surface area contributed by atoms with E-state index in [1.165, 1.54) is 10.5 Å². The molecule has 0 radical (unpaired) electrons. The third-order valence-electron chi connectivity index (χ3n) is 3.36. The van der Waals surface area contributed by atoms with Gasteiger partial charge in [-0.3, -0.25) is 0 Å². The van der Waals surface area contributed by atoms with Crippen molar-refractivity contribution in [2.75, 3.05) is 13.6 Å². The van der Waals surface area contributed by atoms with E-state index in [0.717, 1.165) is 18.7 Å². The minimum Gasteiger partial charge on any atom is -0.485 e. The maximum absolute atomic E-state index is 6.42. The SMILES string of the molecule is CNCC[C@H](Oc1ccccc1SC(C)(C)C)c1ccccc1. The molecule has 124 valence electrons. The van der Waals surface area contributed by atoms with Gasteiger partial charge in [-0.05, 0) is 31.3 Å². The highest BCUT2D eigenvalue weighted by Crippen LogP contribution is 2.39. The van der Waals surface area contributed by atoms with Gasteiger partial charge < -0.3 is 10.1 Å². The van der Waals surface area contributed by atoms with Crippen LogP contribution in [0.25, 0.3) is 0 Å². The second-order valence-corrected chi connectivity index (χ2v) is 8.44. The zero-order chi connectivity index (χ0) is 16.7. The Morgan fingerprint density at radius 1 is 1.00 bits per heavy atom. The zero-order valence-electron chi connectivity index (χ0n) is 14.5. The number of benzene rings is 2. The van der Waals surface area contributed by atoms with Crippen LogP contribution in [0.2, 0.25) is 0 Å². The van der Waals surface area contributed by atoms with E-state index in [1.807, 2.05) is 30.9 Å². The number of hydrogen-bond acceptors (Lipinski definition) is 3. The van der Waals surface area contributed by atoms with Crippen molar-refractivity contribution in [2.45, 2.75) is 42.9 Å². The number of nitrogens with one attached hydrogen (secondary N) is 1. The van der Waals surface area contributed by atoms with Crippen molar-refractivity contribution in [3.05, 3.63) is 60.2 Å². The standard InChI is InChI=1S/C20H27NOS/c1-20(2,3)23-19-13-9-8-12-18(19)22-17(14-15-21-4)16-10-6-5-7-11-16/h5-13,17,21H,14-15H2,1-4H3/t17-/m0/s1. The van der Waals surface area contributed by atoms with Crippen LogP contribution in [-0.4, -0.2) is 18.3 Å². The van der Waals surface area contributed by atoms with E-state index in [2.05, 4.69) is 68.6 Å². The molecular weight excluding hydrogens is 302 g/mol. The number of thioether (sulfide) groups is 1. The lowest BCUT2D eigenvalue weighted by molar-refractivity contribution is 0.190. The molecule has 0 aliphatic carbocycles. The predicted octanol–water partition coefficient (Wildman–Crippen LogP) is 5.31. The van der Waals surface area contributed by atoms with Crippen LogP contribution in [0.1, 0.15) is 38.9 Å². The first-order chi connectivity index (χ1) is 11.0. The fourth-order valence-electron chi connectivity index (χ4n) is 2.35. The molecule has 0 unspecified atom stereocenters. The van der Waals surface area contributed by atoms with Gasteiger partial charge in [0.15, 0.2) is 0 Å². The topological polar surface area (TPSA) is 21.3 Å². The van der Waals surface area contributed by atoms with Crippen LogP contribution < -0.4 is 10.1 Å². The molecule has 0 aromatic heterocycles. The van der Waals surface area contributed by atoms with Crippen LogP contribution in [0, 0.1) is 0 Å². The fourth-order valence-corrected chi connectivity index (χ4v) is 3.37. The van der Waals surface area contributed by atoms with E-state index in [-0.39, 0.29) is 10.9 Å². The quantitative estimate of drug-likeness (QED) is 0.696. The lowest BCUT2D eigenvalue weighted by atomic mass is 10.1. The summed E-state index contributed by atoms with van der Waals surface area (Å²) in [6, 6.07) is 18.8. The summed E-state index contributed by atoms with van der Waals surface area (Å²) in [4.78, 5) is 1.20. The first-order valence-electron chi connectivity index (χ1n) is 8.14. The Bertz CT molecular complexity index is 592. The van der Waals surface area contributed by atoms with Crippen LogP contribution in [-0.2, 0) is 0 Å². The maximum atomic E-state index is 6.42. The minimum atomic E-state index is 0.0605. The summed E-state index contributed by atoms with van der Waals surface area (Å²) in [7, 11) is 1.98. The Labute approximate surface area is 144 Å². The average molecular weight is 330 g/mol. The van der Waals surface area contributed by atoms with E-state index in [9.17, 15) is 0 Å².